The number of ether oxygens (including phenoxy) is 1. The Morgan fingerprint density at radius 3 is 2.86 bits per heavy atom. The fraction of sp³-hybridized carbons (Fsp3) is 0.750. The molecule has 1 saturated carbocycles. The molecule has 0 radical (unpaired) electrons. The van der Waals surface area contributed by atoms with Crippen LogP contribution in [0, 0.1) is 5.92 Å². The lowest BCUT2D eigenvalue weighted by Crippen LogP contribution is -2.31. The van der Waals surface area contributed by atoms with E-state index in [1.807, 2.05) is 0 Å². The highest BCUT2D eigenvalue weighted by atomic mass is 16.6. The third-order valence-electron chi connectivity index (χ3n) is 3.00. The van der Waals surface area contributed by atoms with Crippen molar-refractivity contribution in [3.05, 3.63) is 12.7 Å². The average molecular weight is 196 g/mol. The first-order valence-electron chi connectivity index (χ1n) is 5.47. The summed E-state index contributed by atoms with van der Waals surface area (Å²) in [4.78, 5) is 11.2. The van der Waals surface area contributed by atoms with Gasteiger partial charge in [0.05, 0.1) is 0 Å². The summed E-state index contributed by atoms with van der Waals surface area (Å²) in [5, 5.41) is 0. The summed E-state index contributed by atoms with van der Waals surface area (Å²) in [6, 6.07) is 0. The molecule has 0 amide bonds. The maximum atomic E-state index is 11.2. The third-order valence-corrected chi connectivity index (χ3v) is 3.00. The van der Waals surface area contributed by atoms with Gasteiger partial charge in [0, 0.05) is 6.08 Å². The Balaban J connectivity index is 2.62. The van der Waals surface area contributed by atoms with Crippen molar-refractivity contribution in [1.82, 2.24) is 0 Å². The Morgan fingerprint density at radius 1 is 1.71 bits per heavy atom. The predicted octanol–water partition coefficient (Wildman–Crippen LogP) is 3.07. The number of carbonyl (C=O) groups is 1. The van der Waals surface area contributed by atoms with E-state index in [1.165, 1.54) is 12.5 Å². The highest BCUT2D eigenvalue weighted by Gasteiger charge is 2.39. The SMILES string of the molecule is C=CC(=O)OC1(CCC)CCC(C)C1. The molecule has 1 aliphatic carbocycles. The molecule has 0 aromatic rings. The molecule has 80 valence electrons. The van der Waals surface area contributed by atoms with Crippen LogP contribution in [0.1, 0.15) is 46.0 Å². The Kier molecular flexibility index (Phi) is 3.73. The van der Waals surface area contributed by atoms with Gasteiger partial charge in [0.25, 0.3) is 0 Å². The van der Waals surface area contributed by atoms with Crippen molar-refractivity contribution in [3.63, 3.8) is 0 Å². The van der Waals surface area contributed by atoms with E-state index in [4.69, 9.17) is 4.74 Å². The lowest BCUT2D eigenvalue weighted by molar-refractivity contribution is -0.154. The maximum Gasteiger partial charge on any atom is 0.330 e. The first kappa shape index (κ1) is 11.3. The zero-order chi connectivity index (χ0) is 10.6. The second kappa shape index (κ2) is 4.63. The molecular formula is C12H20O2. The molecule has 2 atom stereocenters. The highest BCUT2D eigenvalue weighted by molar-refractivity contribution is 5.81. The average Bonchev–Trinajstić information content (AvgIpc) is 2.48. The van der Waals surface area contributed by atoms with Crippen molar-refractivity contribution in [2.24, 2.45) is 5.92 Å². The second-order valence-corrected chi connectivity index (χ2v) is 4.41. The molecule has 0 aliphatic heterocycles. The summed E-state index contributed by atoms with van der Waals surface area (Å²) < 4.78 is 5.50. The summed E-state index contributed by atoms with van der Waals surface area (Å²) >= 11 is 0. The van der Waals surface area contributed by atoms with E-state index in [0.29, 0.717) is 5.92 Å². The van der Waals surface area contributed by atoms with Crippen molar-refractivity contribution in [3.8, 4) is 0 Å². The van der Waals surface area contributed by atoms with Gasteiger partial charge >= 0.3 is 5.97 Å². The maximum absolute atomic E-state index is 11.2. The van der Waals surface area contributed by atoms with Crippen molar-refractivity contribution >= 4 is 5.97 Å². The summed E-state index contributed by atoms with van der Waals surface area (Å²) in [5.41, 5.74) is -0.181. The fourth-order valence-electron chi connectivity index (χ4n) is 2.43. The normalized spacial score (nSPS) is 31.4. The minimum Gasteiger partial charge on any atom is -0.456 e. The lowest BCUT2D eigenvalue weighted by atomic mass is 9.95. The van der Waals surface area contributed by atoms with Crippen molar-refractivity contribution in [2.75, 3.05) is 0 Å². The topological polar surface area (TPSA) is 26.3 Å². The number of rotatable bonds is 4. The molecule has 1 rings (SSSR count). The molecule has 0 aromatic heterocycles. The van der Waals surface area contributed by atoms with E-state index >= 15 is 0 Å². The van der Waals surface area contributed by atoms with Crippen LogP contribution in [0.5, 0.6) is 0 Å². The molecule has 2 nitrogen and oxygen atoms in total. The Bertz CT molecular complexity index is 218. The van der Waals surface area contributed by atoms with E-state index < -0.39 is 0 Å². The molecule has 0 aromatic carbocycles. The monoisotopic (exact) mass is 196 g/mol. The first-order chi connectivity index (χ1) is 6.62. The molecule has 0 bridgehead atoms. The van der Waals surface area contributed by atoms with Gasteiger partial charge in [-0.15, -0.1) is 0 Å². The van der Waals surface area contributed by atoms with Crippen LogP contribution in [-0.2, 0) is 9.53 Å². The van der Waals surface area contributed by atoms with Crippen LogP contribution in [0.25, 0.3) is 0 Å². The van der Waals surface area contributed by atoms with E-state index in [0.717, 1.165) is 25.7 Å². The van der Waals surface area contributed by atoms with Gasteiger partial charge in [0.15, 0.2) is 0 Å². The number of hydrogen-bond donors (Lipinski definition) is 0. The lowest BCUT2D eigenvalue weighted by Gasteiger charge is -2.28. The van der Waals surface area contributed by atoms with Crippen molar-refractivity contribution in [1.29, 1.82) is 0 Å². The van der Waals surface area contributed by atoms with Crippen molar-refractivity contribution in [2.45, 2.75) is 51.6 Å². The van der Waals surface area contributed by atoms with Crippen LogP contribution >= 0.6 is 0 Å². The number of hydrogen-bond acceptors (Lipinski definition) is 2. The zero-order valence-corrected chi connectivity index (χ0v) is 9.21. The molecule has 2 heteroatoms. The smallest absolute Gasteiger partial charge is 0.330 e. The summed E-state index contributed by atoms with van der Waals surface area (Å²) in [6.07, 6.45) is 6.51. The number of carbonyl (C=O) groups excluding carboxylic acids is 1. The van der Waals surface area contributed by atoms with Crippen molar-refractivity contribution < 1.29 is 9.53 Å². The summed E-state index contributed by atoms with van der Waals surface area (Å²) in [5.74, 6) is 0.409. The Morgan fingerprint density at radius 2 is 2.43 bits per heavy atom. The zero-order valence-electron chi connectivity index (χ0n) is 9.21. The largest absolute Gasteiger partial charge is 0.456 e. The fourth-order valence-corrected chi connectivity index (χ4v) is 2.43. The van der Waals surface area contributed by atoms with Gasteiger partial charge in [-0.2, -0.15) is 0 Å². The molecule has 0 spiro atoms. The minimum absolute atomic E-state index is 0.181. The molecule has 0 N–H and O–H groups in total. The quantitative estimate of drug-likeness (QED) is 0.510. The van der Waals surface area contributed by atoms with Crippen LogP contribution in [0.4, 0.5) is 0 Å². The molecule has 1 fully saturated rings. The van der Waals surface area contributed by atoms with E-state index in [1.54, 1.807) is 0 Å². The van der Waals surface area contributed by atoms with Gasteiger partial charge in [-0.1, -0.05) is 26.8 Å². The first-order valence-corrected chi connectivity index (χ1v) is 5.47. The van der Waals surface area contributed by atoms with Crippen LogP contribution in [-0.4, -0.2) is 11.6 Å². The molecule has 0 saturated heterocycles. The van der Waals surface area contributed by atoms with Crippen LogP contribution in [0.15, 0.2) is 12.7 Å². The Labute approximate surface area is 86.3 Å². The van der Waals surface area contributed by atoms with E-state index in [9.17, 15) is 4.79 Å². The van der Waals surface area contributed by atoms with Gasteiger partial charge < -0.3 is 4.74 Å². The molecule has 0 heterocycles. The van der Waals surface area contributed by atoms with Gasteiger partial charge in [-0.3, -0.25) is 0 Å². The number of esters is 1. The van der Waals surface area contributed by atoms with Crippen LogP contribution in [0.2, 0.25) is 0 Å². The third kappa shape index (κ3) is 2.60. The predicted molar refractivity (Wildman–Crippen MR) is 56.9 cm³/mol. The summed E-state index contributed by atoms with van der Waals surface area (Å²) in [6.45, 7) is 7.79. The van der Waals surface area contributed by atoms with Crippen LogP contribution < -0.4 is 0 Å². The Hall–Kier alpha value is -0.790. The van der Waals surface area contributed by atoms with E-state index in [-0.39, 0.29) is 11.6 Å². The molecule has 2 unspecified atom stereocenters. The van der Waals surface area contributed by atoms with E-state index in [2.05, 4.69) is 20.4 Å². The molecule has 14 heavy (non-hydrogen) atoms. The van der Waals surface area contributed by atoms with Gasteiger partial charge in [-0.25, -0.2) is 4.79 Å². The minimum atomic E-state index is -0.271. The molecule has 1 aliphatic rings. The second-order valence-electron chi connectivity index (χ2n) is 4.41. The van der Waals surface area contributed by atoms with Gasteiger partial charge in [0.1, 0.15) is 5.60 Å². The standard InChI is InChI=1S/C12H20O2/c1-4-7-12(14-11(13)5-2)8-6-10(3)9-12/h5,10H,2,4,6-9H2,1,3H3. The highest BCUT2D eigenvalue weighted by Crippen LogP contribution is 2.40. The van der Waals surface area contributed by atoms with Gasteiger partial charge in [-0.05, 0) is 31.6 Å². The molecular weight excluding hydrogens is 176 g/mol. The summed E-state index contributed by atoms with van der Waals surface area (Å²) in [7, 11) is 0. The van der Waals surface area contributed by atoms with Gasteiger partial charge in [0.2, 0.25) is 0 Å². The van der Waals surface area contributed by atoms with Crippen LogP contribution in [0.3, 0.4) is 0 Å².